The van der Waals surface area contributed by atoms with Gasteiger partial charge in [-0.1, -0.05) is 65.8 Å². The van der Waals surface area contributed by atoms with Crippen molar-refractivity contribution in [3.63, 3.8) is 0 Å². The predicted molar refractivity (Wildman–Crippen MR) is 117 cm³/mol. The summed E-state index contributed by atoms with van der Waals surface area (Å²) in [6.07, 6.45) is 0. The largest absolute Gasteiger partial charge is 0.508 e. The summed E-state index contributed by atoms with van der Waals surface area (Å²) in [7, 11) is 0. The van der Waals surface area contributed by atoms with Crippen LogP contribution >= 0.6 is 0 Å². The van der Waals surface area contributed by atoms with Crippen LogP contribution in [-0.2, 0) is 23.9 Å². The molecule has 28 heavy (non-hydrogen) atoms. The molecular formula is C24H36N2O2. The first-order chi connectivity index (χ1) is 13.0. The lowest BCUT2D eigenvalue weighted by Gasteiger charge is -2.20. The predicted octanol–water partition coefficient (Wildman–Crippen LogP) is 4.57. The number of nitrogens with one attached hydrogen (secondary N) is 2. The molecule has 0 amide bonds. The number of aromatic hydroxyl groups is 2. The molecule has 2 aromatic carbocycles. The second-order valence-electron chi connectivity index (χ2n) is 9.54. The Kier molecular flexibility index (Phi) is 7.13. The van der Waals surface area contributed by atoms with E-state index in [0.717, 1.165) is 35.3 Å². The van der Waals surface area contributed by atoms with Gasteiger partial charge >= 0.3 is 0 Å². The summed E-state index contributed by atoms with van der Waals surface area (Å²) >= 11 is 0. The molecule has 0 aromatic heterocycles. The number of hydrogen-bond donors (Lipinski definition) is 4. The Hall–Kier alpha value is -2.04. The monoisotopic (exact) mass is 384 g/mol. The van der Waals surface area contributed by atoms with Crippen molar-refractivity contribution in [2.75, 3.05) is 13.1 Å². The molecule has 4 heteroatoms. The Morgan fingerprint density at radius 2 is 1.00 bits per heavy atom. The fourth-order valence-corrected chi connectivity index (χ4v) is 2.98. The minimum atomic E-state index is 0.0317. The van der Waals surface area contributed by atoms with E-state index in [9.17, 15) is 10.2 Å². The van der Waals surface area contributed by atoms with Crippen molar-refractivity contribution in [1.29, 1.82) is 0 Å². The Labute approximate surface area is 170 Å². The molecule has 0 heterocycles. The van der Waals surface area contributed by atoms with E-state index in [-0.39, 0.29) is 10.8 Å². The standard InChI is InChI=1S/C24H36N2O2/c1-23(2,3)19-9-7-17(21(27)13-19)15-25-11-12-26-16-18-8-10-20(14-22(18)28)24(4,5)6/h7-10,13-14,25-28H,11-12,15-16H2,1-6H3. The molecule has 0 fully saturated rings. The molecule has 2 rings (SSSR count). The molecular weight excluding hydrogens is 348 g/mol. The van der Waals surface area contributed by atoms with Crippen LogP contribution in [0.25, 0.3) is 0 Å². The van der Waals surface area contributed by atoms with E-state index < -0.39 is 0 Å². The second-order valence-corrected chi connectivity index (χ2v) is 9.54. The Morgan fingerprint density at radius 1 is 0.643 bits per heavy atom. The molecule has 4 N–H and O–H groups in total. The van der Waals surface area contributed by atoms with E-state index in [1.54, 1.807) is 0 Å². The molecule has 0 radical (unpaired) electrons. The molecule has 0 saturated heterocycles. The summed E-state index contributed by atoms with van der Waals surface area (Å²) in [5.74, 6) is 0.688. The van der Waals surface area contributed by atoms with Crippen LogP contribution < -0.4 is 10.6 Å². The van der Waals surface area contributed by atoms with E-state index in [2.05, 4.69) is 64.3 Å². The van der Waals surface area contributed by atoms with Gasteiger partial charge in [0.25, 0.3) is 0 Å². The lowest BCUT2D eigenvalue weighted by molar-refractivity contribution is 0.457. The van der Waals surface area contributed by atoms with E-state index in [0.29, 0.717) is 24.6 Å². The number of hydrogen-bond acceptors (Lipinski definition) is 4. The van der Waals surface area contributed by atoms with Gasteiger partial charge in [0.05, 0.1) is 0 Å². The molecule has 0 aliphatic heterocycles. The quantitative estimate of drug-likeness (QED) is 0.528. The maximum absolute atomic E-state index is 10.2. The molecule has 2 aromatic rings. The topological polar surface area (TPSA) is 64.5 Å². The zero-order chi connectivity index (χ0) is 20.9. The summed E-state index contributed by atoms with van der Waals surface area (Å²) < 4.78 is 0. The first kappa shape index (κ1) is 22.3. The van der Waals surface area contributed by atoms with Gasteiger partial charge in [-0.25, -0.2) is 0 Å². The van der Waals surface area contributed by atoms with Crippen LogP contribution in [-0.4, -0.2) is 23.3 Å². The summed E-state index contributed by atoms with van der Waals surface area (Å²) in [5, 5.41) is 27.2. The first-order valence-corrected chi connectivity index (χ1v) is 10.0. The normalized spacial score (nSPS) is 12.4. The first-order valence-electron chi connectivity index (χ1n) is 10.0. The SMILES string of the molecule is CC(C)(C)c1ccc(CNCCNCc2ccc(C(C)(C)C)cc2O)c(O)c1. The van der Waals surface area contributed by atoms with Gasteiger partial charge in [0.1, 0.15) is 11.5 Å². The number of rotatable bonds is 7. The number of benzene rings is 2. The molecule has 0 atom stereocenters. The number of phenolic OH excluding ortho intramolecular Hbond substituents is 2. The van der Waals surface area contributed by atoms with Gasteiger partial charge in [0.15, 0.2) is 0 Å². The highest BCUT2D eigenvalue weighted by atomic mass is 16.3. The van der Waals surface area contributed by atoms with Gasteiger partial charge in [-0.2, -0.15) is 0 Å². The maximum Gasteiger partial charge on any atom is 0.120 e. The molecule has 0 saturated carbocycles. The van der Waals surface area contributed by atoms with Crippen molar-refractivity contribution >= 4 is 0 Å². The zero-order valence-corrected chi connectivity index (χ0v) is 18.2. The van der Waals surface area contributed by atoms with Gasteiger partial charge in [-0.15, -0.1) is 0 Å². The summed E-state index contributed by atoms with van der Waals surface area (Å²) in [5.41, 5.74) is 4.14. The maximum atomic E-state index is 10.2. The molecule has 0 bridgehead atoms. The molecule has 0 unspecified atom stereocenters. The fourth-order valence-electron chi connectivity index (χ4n) is 2.98. The van der Waals surface area contributed by atoms with E-state index in [1.165, 1.54) is 0 Å². The lowest BCUT2D eigenvalue weighted by atomic mass is 9.86. The third-order valence-electron chi connectivity index (χ3n) is 5.01. The van der Waals surface area contributed by atoms with Crippen LogP contribution in [0.2, 0.25) is 0 Å². The van der Waals surface area contributed by atoms with Gasteiger partial charge in [0.2, 0.25) is 0 Å². The lowest BCUT2D eigenvalue weighted by Crippen LogP contribution is -2.27. The average Bonchev–Trinajstić information content (AvgIpc) is 2.58. The highest BCUT2D eigenvalue weighted by molar-refractivity contribution is 5.40. The Balaban J connectivity index is 1.75. The van der Waals surface area contributed by atoms with E-state index in [4.69, 9.17) is 0 Å². The van der Waals surface area contributed by atoms with Gasteiger partial charge in [-0.05, 0) is 34.1 Å². The van der Waals surface area contributed by atoms with Gasteiger partial charge in [-0.3, -0.25) is 0 Å². The van der Waals surface area contributed by atoms with Crippen LogP contribution in [0.5, 0.6) is 11.5 Å². The van der Waals surface area contributed by atoms with Crippen molar-refractivity contribution in [2.24, 2.45) is 0 Å². The molecule has 154 valence electrons. The second kappa shape index (κ2) is 8.97. The summed E-state index contributed by atoms with van der Waals surface area (Å²) in [6.45, 7) is 15.6. The Morgan fingerprint density at radius 3 is 1.29 bits per heavy atom. The average molecular weight is 385 g/mol. The van der Waals surface area contributed by atoms with Crippen LogP contribution in [0.4, 0.5) is 0 Å². The Bertz CT molecular complexity index is 719. The third-order valence-corrected chi connectivity index (χ3v) is 5.01. The van der Waals surface area contributed by atoms with Crippen molar-refractivity contribution in [2.45, 2.75) is 65.5 Å². The summed E-state index contributed by atoms with van der Waals surface area (Å²) in [4.78, 5) is 0. The highest BCUT2D eigenvalue weighted by Crippen LogP contribution is 2.28. The molecule has 0 aliphatic rings. The smallest absolute Gasteiger partial charge is 0.120 e. The van der Waals surface area contributed by atoms with E-state index >= 15 is 0 Å². The van der Waals surface area contributed by atoms with Crippen molar-refractivity contribution < 1.29 is 10.2 Å². The van der Waals surface area contributed by atoms with Crippen molar-refractivity contribution in [3.05, 3.63) is 58.7 Å². The molecule has 0 aliphatic carbocycles. The van der Waals surface area contributed by atoms with Crippen molar-refractivity contribution in [3.8, 4) is 11.5 Å². The highest BCUT2D eigenvalue weighted by Gasteiger charge is 2.16. The van der Waals surface area contributed by atoms with E-state index in [1.807, 2.05) is 24.3 Å². The third kappa shape index (κ3) is 6.25. The minimum Gasteiger partial charge on any atom is -0.508 e. The van der Waals surface area contributed by atoms with Gasteiger partial charge < -0.3 is 20.8 Å². The minimum absolute atomic E-state index is 0.0317. The fraction of sp³-hybridized carbons (Fsp3) is 0.500. The van der Waals surface area contributed by atoms with Crippen LogP contribution in [0.1, 0.15) is 63.8 Å². The zero-order valence-electron chi connectivity index (χ0n) is 18.2. The van der Waals surface area contributed by atoms with Crippen LogP contribution in [0, 0.1) is 0 Å². The van der Waals surface area contributed by atoms with Crippen LogP contribution in [0.3, 0.4) is 0 Å². The van der Waals surface area contributed by atoms with Crippen LogP contribution in [0.15, 0.2) is 36.4 Å². The molecule has 4 nitrogen and oxygen atoms in total. The van der Waals surface area contributed by atoms with Gasteiger partial charge in [0, 0.05) is 37.3 Å². The molecule has 0 spiro atoms. The number of phenols is 2. The van der Waals surface area contributed by atoms with Crippen molar-refractivity contribution in [1.82, 2.24) is 10.6 Å². The summed E-state index contributed by atoms with van der Waals surface area (Å²) in [6, 6.07) is 11.9.